The fourth-order valence-electron chi connectivity index (χ4n) is 1.01. The molecule has 1 aromatic carbocycles. The van der Waals surface area contributed by atoms with Crippen molar-refractivity contribution in [3.8, 4) is 0 Å². The third-order valence-corrected chi connectivity index (χ3v) is 1.60. The molecule has 1 atom stereocenters. The molecule has 0 spiro atoms. The Labute approximate surface area is 67.3 Å². The van der Waals surface area contributed by atoms with Crippen molar-refractivity contribution in [2.24, 2.45) is 0 Å². The highest BCUT2D eigenvalue weighted by Crippen LogP contribution is 2.15. The predicted octanol–water partition coefficient (Wildman–Crippen LogP) is 2.56. The summed E-state index contributed by atoms with van der Waals surface area (Å²) in [5.41, 5.74) is 1.14. The lowest BCUT2D eigenvalue weighted by Crippen LogP contribution is -1.95. The topological polar surface area (TPSA) is 9.23 Å². The fourth-order valence-corrected chi connectivity index (χ4v) is 1.01. The molecule has 0 aliphatic rings. The lowest BCUT2D eigenvalue weighted by Gasteiger charge is -2.09. The van der Waals surface area contributed by atoms with Gasteiger partial charge >= 0.3 is 0 Å². The molecule has 1 nitrogen and oxygen atoms in total. The number of hydrogen-bond donors (Lipinski definition) is 0. The molecule has 1 rings (SSSR count). The van der Waals surface area contributed by atoms with Crippen LogP contribution in [-0.2, 0) is 4.74 Å². The number of rotatable bonds is 3. The quantitative estimate of drug-likeness (QED) is 0.598. The molecule has 0 saturated carbocycles. The Morgan fingerprint density at radius 2 is 2.00 bits per heavy atom. The number of ether oxygens (including phenoxy) is 1. The SMILES string of the molecule is C=C[C@H](OC)c1ccccc1. The molecule has 0 saturated heterocycles. The van der Waals surface area contributed by atoms with Crippen molar-refractivity contribution in [3.05, 3.63) is 48.6 Å². The fraction of sp³-hybridized carbons (Fsp3) is 0.200. The minimum atomic E-state index is 0.0243. The van der Waals surface area contributed by atoms with E-state index in [0.29, 0.717) is 0 Å². The van der Waals surface area contributed by atoms with Crippen LogP contribution in [0.15, 0.2) is 43.0 Å². The molecule has 1 heteroatoms. The van der Waals surface area contributed by atoms with Crippen LogP contribution in [0.4, 0.5) is 0 Å². The van der Waals surface area contributed by atoms with Gasteiger partial charge in [0.15, 0.2) is 0 Å². The second-order valence-electron chi connectivity index (χ2n) is 2.30. The van der Waals surface area contributed by atoms with Gasteiger partial charge in [0, 0.05) is 7.11 Å². The van der Waals surface area contributed by atoms with Gasteiger partial charge in [0.05, 0.1) is 6.10 Å². The Morgan fingerprint density at radius 1 is 1.36 bits per heavy atom. The molecule has 0 amide bonds. The van der Waals surface area contributed by atoms with Gasteiger partial charge in [0.1, 0.15) is 0 Å². The standard InChI is InChI=1S/C10H12O/c1-3-10(11-2)9-7-5-4-6-8-9/h3-8,10H,1H2,2H3/t10-/m0/s1. The lowest BCUT2D eigenvalue weighted by molar-refractivity contribution is 0.143. The smallest absolute Gasteiger partial charge is 0.1000 e. The highest BCUT2D eigenvalue weighted by molar-refractivity contribution is 5.20. The first-order valence-corrected chi connectivity index (χ1v) is 3.58. The summed E-state index contributed by atoms with van der Waals surface area (Å²) in [6.45, 7) is 3.68. The Hall–Kier alpha value is -1.08. The molecule has 0 aromatic heterocycles. The molecule has 0 N–H and O–H groups in total. The Bertz CT molecular complexity index is 216. The Kier molecular flexibility index (Phi) is 2.87. The third kappa shape index (κ3) is 1.92. The van der Waals surface area contributed by atoms with Gasteiger partial charge in [0.2, 0.25) is 0 Å². The maximum atomic E-state index is 5.17. The van der Waals surface area contributed by atoms with E-state index in [-0.39, 0.29) is 6.10 Å². The van der Waals surface area contributed by atoms with E-state index < -0.39 is 0 Å². The maximum Gasteiger partial charge on any atom is 0.1000 e. The monoisotopic (exact) mass is 148 g/mol. The van der Waals surface area contributed by atoms with Gasteiger partial charge in [-0.3, -0.25) is 0 Å². The second-order valence-corrected chi connectivity index (χ2v) is 2.30. The van der Waals surface area contributed by atoms with E-state index in [1.54, 1.807) is 13.2 Å². The van der Waals surface area contributed by atoms with Crippen molar-refractivity contribution >= 4 is 0 Å². The van der Waals surface area contributed by atoms with Gasteiger partial charge in [-0.2, -0.15) is 0 Å². The lowest BCUT2D eigenvalue weighted by atomic mass is 10.1. The first-order valence-electron chi connectivity index (χ1n) is 3.58. The zero-order valence-corrected chi connectivity index (χ0v) is 6.66. The van der Waals surface area contributed by atoms with E-state index in [9.17, 15) is 0 Å². The molecular weight excluding hydrogens is 136 g/mol. The highest BCUT2D eigenvalue weighted by Gasteiger charge is 2.02. The van der Waals surface area contributed by atoms with Gasteiger partial charge in [-0.05, 0) is 5.56 Å². The zero-order chi connectivity index (χ0) is 8.10. The van der Waals surface area contributed by atoms with Crippen molar-refractivity contribution in [1.29, 1.82) is 0 Å². The molecule has 0 fully saturated rings. The van der Waals surface area contributed by atoms with E-state index in [4.69, 9.17) is 4.74 Å². The average Bonchev–Trinajstić information content (AvgIpc) is 2.09. The van der Waals surface area contributed by atoms with Crippen LogP contribution in [0.1, 0.15) is 11.7 Å². The second kappa shape index (κ2) is 3.94. The van der Waals surface area contributed by atoms with Gasteiger partial charge in [-0.1, -0.05) is 36.4 Å². The highest BCUT2D eigenvalue weighted by atomic mass is 16.5. The van der Waals surface area contributed by atoms with Gasteiger partial charge in [-0.15, -0.1) is 6.58 Å². The number of hydrogen-bond acceptors (Lipinski definition) is 1. The molecule has 0 aliphatic carbocycles. The van der Waals surface area contributed by atoms with Crippen LogP contribution in [0.5, 0.6) is 0 Å². The van der Waals surface area contributed by atoms with Crippen LogP contribution in [0.3, 0.4) is 0 Å². The van der Waals surface area contributed by atoms with Crippen LogP contribution in [-0.4, -0.2) is 7.11 Å². The number of benzene rings is 1. The van der Waals surface area contributed by atoms with E-state index in [0.717, 1.165) is 5.56 Å². The van der Waals surface area contributed by atoms with Gasteiger partial charge in [-0.25, -0.2) is 0 Å². The molecule has 0 bridgehead atoms. The van der Waals surface area contributed by atoms with Crippen LogP contribution in [0, 0.1) is 0 Å². The van der Waals surface area contributed by atoms with Crippen molar-refractivity contribution in [3.63, 3.8) is 0 Å². The van der Waals surface area contributed by atoms with Crippen LogP contribution < -0.4 is 0 Å². The molecule has 0 heterocycles. The predicted molar refractivity (Wildman–Crippen MR) is 46.4 cm³/mol. The minimum absolute atomic E-state index is 0.0243. The summed E-state index contributed by atoms with van der Waals surface area (Å²) in [5.74, 6) is 0. The molecule has 11 heavy (non-hydrogen) atoms. The third-order valence-electron chi connectivity index (χ3n) is 1.60. The average molecular weight is 148 g/mol. The number of methoxy groups -OCH3 is 1. The van der Waals surface area contributed by atoms with Crippen molar-refractivity contribution < 1.29 is 4.74 Å². The summed E-state index contributed by atoms with van der Waals surface area (Å²) in [4.78, 5) is 0. The van der Waals surface area contributed by atoms with Crippen molar-refractivity contribution in [2.75, 3.05) is 7.11 Å². The molecule has 0 radical (unpaired) electrons. The summed E-state index contributed by atoms with van der Waals surface area (Å²) in [7, 11) is 1.68. The van der Waals surface area contributed by atoms with E-state index in [2.05, 4.69) is 6.58 Å². The summed E-state index contributed by atoms with van der Waals surface area (Å²) >= 11 is 0. The summed E-state index contributed by atoms with van der Waals surface area (Å²) in [6.07, 6.45) is 1.81. The van der Waals surface area contributed by atoms with Crippen molar-refractivity contribution in [2.45, 2.75) is 6.10 Å². The maximum absolute atomic E-state index is 5.17. The van der Waals surface area contributed by atoms with Gasteiger partial charge < -0.3 is 4.74 Å². The van der Waals surface area contributed by atoms with Crippen molar-refractivity contribution in [1.82, 2.24) is 0 Å². The van der Waals surface area contributed by atoms with Crippen LogP contribution in [0.2, 0.25) is 0 Å². The normalized spacial score (nSPS) is 12.5. The first kappa shape index (κ1) is 8.02. The summed E-state index contributed by atoms with van der Waals surface area (Å²) in [5, 5.41) is 0. The van der Waals surface area contributed by atoms with E-state index in [1.165, 1.54) is 0 Å². The Morgan fingerprint density at radius 3 is 2.45 bits per heavy atom. The molecule has 1 aromatic rings. The molecule has 0 aliphatic heterocycles. The summed E-state index contributed by atoms with van der Waals surface area (Å²) < 4.78 is 5.17. The molecule has 58 valence electrons. The van der Waals surface area contributed by atoms with Crippen LogP contribution >= 0.6 is 0 Å². The first-order chi connectivity index (χ1) is 5.38. The summed E-state index contributed by atoms with van der Waals surface area (Å²) in [6, 6.07) is 10.0. The van der Waals surface area contributed by atoms with E-state index in [1.807, 2.05) is 30.3 Å². The van der Waals surface area contributed by atoms with Crippen LogP contribution in [0.25, 0.3) is 0 Å². The zero-order valence-electron chi connectivity index (χ0n) is 6.66. The minimum Gasteiger partial charge on any atom is -0.373 e. The van der Waals surface area contributed by atoms with E-state index >= 15 is 0 Å². The van der Waals surface area contributed by atoms with Gasteiger partial charge in [0.25, 0.3) is 0 Å². The largest absolute Gasteiger partial charge is 0.373 e. The Balaban J connectivity index is 2.82. The molecule has 0 unspecified atom stereocenters. The molecular formula is C10H12O.